The van der Waals surface area contributed by atoms with Gasteiger partial charge in [-0.3, -0.25) is 4.79 Å². The molecule has 1 heterocycles. The van der Waals surface area contributed by atoms with E-state index in [0.29, 0.717) is 24.8 Å². The molecular formula is C27H29F2N3O2. The summed E-state index contributed by atoms with van der Waals surface area (Å²) < 4.78 is 30.4. The number of aryl methyl sites for hydroxylation is 1. The van der Waals surface area contributed by atoms with Crippen LogP contribution in [-0.2, 0) is 22.4 Å². The molecule has 1 fully saturated rings. The Balaban J connectivity index is 1.43. The molecular weight excluding hydrogens is 436 g/mol. The fraction of sp³-hybridized carbons (Fsp3) is 0.444. The van der Waals surface area contributed by atoms with Crippen LogP contribution in [0, 0.1) is 23.0 Å². The largest absolute Gasteiger partial charge is 0.385 e. The number of fused-ring (bicyclic) bond motifs is 1. The molecule has 1 aliphatic carbocycles. The molecule has 4 rings (SSSR count). The van der Waals surface area contributed by atoms with Gasteiger partial charge in [0.2, 0.25) is 0 Å². The fourth-order valence-corrected chi connectivity index (χ4v) is 4.99. The van der Waals surface area contributed by atoms with Gasteiger partial charge in [-0.2, -0.15) is 5.26 Å². The molecule has 0 amide bonds. The lowest BCUT2D eigenvalue weighted by Gasteiger charge is -2.41. The van der Waals surface area contributed by atoms with E-state index < -0.39 is 17.2 Å². The Labute approximate surface area is 198 Å². The Morgan fingerprint density at radius 2 is 1.97 bits per heavy atom. The van der Waals surface area contributed by atoms with Gasteiger partial charge in [0, 0.05) is 36.4 Å². The number of halogens is 2. The average molecular weight is 466 g/mol. The summed E-state index contributed by atoms with van der Waals surface area (Å²) in [5.41, 5.74) is -0.227. The summed E-state index contributed by atoms with van der Waals surface area (Å²) in [5, 5.41) is 19.9. The van der Waals surface area contributed by atoms with E-state index in [1.807, 2.05) is 6.07 Å². The number of hydrogen-bond donors (Lipinski definition) is 1. The Bertz CT molecular complexity index is 1270. The predicted molar refractivity (Wildman–Crippen MR) is 125 cm³/mol. The molecule has 1 N–H and O–H groups in total. The van der Waals surface area contributed by atoms with E-state index in [9.17, 15) is 23.9 Å². The second kappa shape index (κ2) is 9.27. The van der Waals surface area contributed by atoms with Crippen LogP contribution < -0.4 is 0 Å². The minimum absolute atomic E-state index is 0.00984. The van der Waals surface area contributed by atoms with Gasteiger partial charge < -0.3 is 9.67 Å². The molecule has 0 bridgehead atoms. The van der Waals surface area contributed by atoms with Gasteiger partial charge in [-0.25, -0.2) is 13.8 Å². The number of carbonyl (C=O) groups is 1. The van der Waals surface area contributed by atoms with E-state index in [1.165, 1.54) is 25.1 Å². The van der Waals surface area contributed by atoms with Crippen molar-refractivity contribution in [3.63, 3.8) is 0 Å². The number of unbranched alkanes of at least 4 members (excludes halogenated alkanes) is 1. The van der Waals surface area contributed by atoms with Crippen molar-refractivity contribution in [3.05, 3.63) is 65.0 Å². The molecule has 1 atom stereocenters. The molecule has 34 heavy (non-hydrogen) atoms. The van der Waals surface area contributed by atoms with E-state index in [1.54, 1.807) is 18.2 Å². The average Bonchev–Trinajstić information content (AvgIpc) is 3.11. The summed E-state index contributed by atoms with van der Waals surface area (Å²) >= 11 is 0. The fourth-order valence-electron chi connectivity index (χ4n) is 4.99. The molecule has 7 heteroatoms. The maximum absolute atomic E-state index is 14.2. The number of imidazole rings is 1. The lowest BCUT2D eigenvalue weighted by atomic mass is 9.78. The van der Waals surface area contributed by atoms with Crippen LogP contribution in [0.4, 0.5) is 8.78 Å². The molecule has 5 nitrogen and oxygen atoms in total. The number of aliphatic hydroxyl groups is 1. The van der Waals surface area contributed by atoms with Crippen LogP contribution in [0.25, 0.3) is 11.0 Å². The topological polar surface area (TPSA) is 78.9 Å². The number of rotatable bonds is 9. The summed E-state index contributed by atoms with van der Waals surface area (Å²) in [6.07, 6.45) is 5.13. The molecule has 178 valence electrons. The molecule has 1 aliphatic rings. The molecule has 3 aromatic rings. The Kier molecular flexibility index (Phi) is 6.55. The van der Waals surface area contributed by atoms with Gasteiger partial charge in [0.1, 0.15) is 29.3 Å². The minimum atomic E-state index is -1.56. The van der Waals surface area contributed by atoms with Gasteiger partial charge in [0.25, 0.3) is 0 Å². The zero-order chi connectivity index (χ0) is 24.5. The molecule has 0 saturated heterocycles. The van der Waals surface area contributed by atoms with Crippen LogP contribution in [0.3, 0.4) is 0 Å². The van der Waals surface area contributed by atoms with E-state index >= 15 is 0 Å². The second-order valence-corrected chi connectivity index (χ2v) is 9.82. The highest BCUT2D eigenvalue weighted by molar-refractivity contribution is 5.80. The maximum atomic E-state index is 14.2. The van der Waals surface area contributed by atoms with Crippen molar-refractivity contribution >= 4 is 16.8 Å². The highest BCUT2D eigenvalue weighted by Gasteiger charge is 2.37. The standard InChI is InChI=1S/C27H29F2N3O2/c1-26(12-7-13-26)32-24-14-18(17-30)22(29)15-23(24)31-25(32)11-6-3-8-19(33)16-27(2,34)20-9-4-5-10-21(20)28/h4-5,9-10,14-15,34H,3,6-8,11-13,16H2,1-2H3. The highest BCUT2D eigenvalue weighted by atomic mass is 19.1. The van der Waals surface area contributed by atoms with Crippen molar-refractivity contribution in [2.24, 2.45) is 0 Å². The van der Waals surface area contributed by atoms with Gasteiger partial charge in [-0.05, 0) is 58.1 Å². The lowest BCUT2D eigenvalue weighted by molar-refractivity contribution is -0.123. The van der Waals surface area contributed by atoms with Gasteiger partial charge in [-0.15, -0.1) is 0 Å². The molecule has 0 spiro atoms. The number of benzene rings is 2. The first kappa shape index (κ1) is 24.0. The van der Waals surface area contributed by atoms with Gasteiger partial charge >= 0.3 is 0 Å². The summed E-state index contributed by atoms with van der Waals surface area (Å²) in [7, 11) is 0. The van der Waals surface area contributed by atoms with Crippen LogP contribution in [0.5, 0.6) is 0 Å². The van der Waals surface area contributed by atoms with Gasteiger partial charge in [0.15, 0.2) is 0 Å². The summed E-state index contributed by atoms with van der Waals surface area (Å²) in [5.74, 6) is -0.400. The monoisotopic (exact) mass is 465 g/mol. The van der Waals surface area contributed by atoms with Gasteiger partial charge in [0.05, 0.1) is 22.2 Å². The Morgan fingerprint density at radius 1 is 1.24 bits per heavy atom. The number of nitrogens with zero attached hydrogens (tertiary/aromatic N) is 3. The number of ketones is 1. The molecule has 1 unspecified atom stereocenters. The van der Waals surface area contributed by atoms with E-state index in [2.05, 4.69) is 16.5 Å². The molecule has 0 aliphatic heterocycles. The van der Waals surface area contributed by atoms with Crippen molar-refractivity contribution in [1.82, 2.24) is 9.55 Å². The lowest BCUT2D eigenvalue weighted by Crippen LogP contribution is -2.38. The third-order valence-electron chi connectivity index (χ3n) is 7.01. The van der Waals surface area contributed by atoms with E-state index in [0.717, 1.165) is 30.6 Å². The Hall–Kier alpha value is -3.11. The second-order valence-electron chi connectivity index (χ2n) is 9.82. The van der Waals surface area contributed by atoms with Crippen molar-refractivity contribution in [3.8, 4) is 6.07 Å². The summed E-state index contributed by atoms with van der Waals surface area (Å²) in [4.78, 5) is 17.2. The molecule has 1 aromatic heterocycles. The Morgan fingerprint density at radius 3 is 2.62 bits per heavy atom. The summed E-state index contributed by atoms with van der Waals surface area (Å²) in [6, 6.07) is 10.8. The first-order valence-corrected chi connectivity index (χ1v) is 11.8. The molecule has 2 aromatic carbocycles. The normalized spacial score (nSPS) is 16.6. The third kappa shape index (κ3) is 4.60. The quantitative estimate of drug-likeness (QED) is 0.413. The number of Topliss-reactive ketones (excluding diaryl/α,β-unsaturated/α-hetero) is 1. The van der Waals surface area contributed by atoms with E-state index in [4.69, 9.17) is 0 Å². The van der Waals surface area contributed by atoms with Crippen LogP contribution in [0.15, 0.2) is 36.4 Å². The zero-order valence-electron chi connectivity index (χ0n) is 19.6. The van der Waals surface area contributed by atoms with Crippen LogP contribution >= 0.6 is 0 Å². The smallest absolute Gasteiger partial charge is 0.143 e. The first-order valence-electron chi connectivity index (χ1n) is 11.8. The van der Waals surface area contributed by atoms with Crippen molar-refractivity contribution in [2.45, 2.75) is 76.4 Å². The van der Waals surface area contributed by atoms with Gasteiger partial charge in [-0.1, -0.05) is 18.2 Å². The minimum Gasteiger partial charge on any atom is -0.385 e. The van der Waals surface area contributed by atoms with Crippen molar-refractivity contribution in [2.75, 3.05) is 0 Å². The first-order chi connectivity index (χ1) is 16.1. The van der Waals surface area contributed by atoms with Crippen molar-refractivity contribution < 1.29 is 18.7 Å². The molecule has 0 radical (unpaired) electrons. The number of nitriles is 1. The van der Waals surface area contributed by atoms with Crippen molar-refractivity contribution in [1.29, 1.82) is 5.26 Å². The number of carbonyl (C=O) groups excluding carboxylic acids is 1. The van der Waals surface area contributed by atoms with Crippen LogP contribution in [0.2, 0.25) is 0 Å². The van der Waals surface area contributed by atoms with E-state index in [-0.39, 0.29) is 35.3 Å². The number of hydrogen-bond acceptors (Lipinski definition) is 4. The predicted octanol–water partition coefficient (Wildman–Crippen LogP) is 5.66. The zero-order valence-corrected chi connectivity index (χ0v) is 19.6. The van der Waals surface area contributed by atoms with Crippen LogP contribution in [-0.4, -0.2) is 20.4 Å². The SMILES string of the molecule is CC(O)(CC(=O)CCCCc1nc2cc(F)c(C#N)cc2n1C1(C)CCC1)c1ccccc1F. The summed E-state index contributed by atoms with van der Waals surface area (Å²) in [6.45, 7) is 3.62. The number of aromatic nitrogens is 2. The third-order valence-corrected chi connectivity index (χ3v) is 7.01. The molecule has 1 saturated carbocycles. The highest BCUT2D eigenvalue weighted by Crippen LogP contribution is 2.42. The van der Waals surface area contributed by atoms with Crippen LogP contribution in [0.1, 0.15) is 75.7 Å². The maximum Gasteiger partial charge on any atom is 0.143 e.